The third-order valence-electron chi connectivity index (χ3n) is 19.4. The predicted octanol–water partition coefficient (Wildman–Crippen LogP) is 18.1. The lowest BCUT2D eigenvalue weighted by molar-refractivity contribution is -0.117. The van der Waals surface area contributed by atoms with Crippen LogP contribution in [0.3, 0.4) is 0 Å². The summed E-state index contributed by atoms with van der Waals surface area (Å²) in [6, 6.07) is 50.3. The van der Waals surface area contributed by atoms with Gasteiger partial charge < -0.3 is 48.5 Å². The molecule has 11 aromatic rings. The number of anilines is 2. The van der Waals surface area contributed by atoms with Crippen LogP contribution < -0.4 is 39.1 Å². The van der Waals surface area contributed by atoms with Crippen LogP contribution in [-0.4, -0.2) is 97.0 Å². The zero-order chi connectivity index (χ0) is 73.1. The number of carbonyl (C=O) groups is 6. The topological polar surface area (TPSA) is 213 Å². The number of hydrogen-bond donors (Lipinski definition) is 2. The molecule has 15 rings (SSSR count). The Labute approximate surface area is 602 Å². The molecule has 104 heavy (non-hydrogen) atoms. The zero-order valence-corrected chi connectivity index (χ0v) is 60.2. The van der Waals surface area contributed by atoms with Gasteiger partial charge in [0.15, 0.2) is 0 Å². The molecule has 4 aliphatic heterocycles. The predicted molar refractivity (Wildman–Crippen MR) is 400 cm³/mol. The summed E-state index contributed by atoms with van der Waals surface area (Å²) in [6.45, 7) is 25.9. The molecule has 528 valence electrons. The van der Waals surface area contributed by atoms with Crippen molar-refractivity contribution in [1.82, 2.24) is 9.80 Å². The van der Waals surface area contributed by atoms with Gasteiger partial charge in [0.2, 0.25) is 11.8 Å². The van der Waals surface area contributed by atoms with E-state index in [4.69, 9.17) is 37.9 Å². The summed E-state index contributed by atoms with van der Waals surface area (Å²) in [5.41, 5.74) is 3.90. The van der Waals surface area contributed by atoms with E-state index in [1.54, 1.807) is 72.8 Å². The molecule has 0 saturated carbocycles. The van der Waals surface area contributed by atoms with Gasteiger partial charge in [-0.3, -0.25) is 38.6 Å². The fraction of sp³-hybridized carbons (Fsp3) is 0.279. The molecule has 0 radical (unpaired) electrons. The minimum absolute atomic E-state index is 0.0117. The van der Waals surface area contributed by atoms with Crippen molar-refractivity contribution in [2.24, 2.45) is 0 Å². The fourth-order valence-electron chi connectivity index (χ4n) is 13.5. The average molecular weight is 1390 g/mol. The number of benzene rings is 11. The van der Waals surface area contributed by atoms with E-state index >= 15 is 19.2 Å². The molecule has 18 heteroatoms. The van der Waals surface area contributed by atoms with Gasteiger partial charge in [-0.15, -0.1) is 0 Å². The maximum Gasteiger partial charge on any atom is 0.262 e. The first kappa shape index (κ1) is 68.4. The monoisotopic (exact) mass is 1390 g/mol. The number of rotatable bonds is 20. The zero-order valence-electron chi connectivity index (χ0n) is 60.2. The fourth-order valence-corrected chi connectivity index (χ4v) is 13.5. The van der Waals surface area contributed by atoms with E-state index in [0.29, 0.717) is 105 Å². The number of fused-ring (bicyclic) bond motifs is 2. The van der Waals surface area contributed by atoms with Crippen LogP contribution in [0.5, 0.6) is 57.5 Å². The summed E-state index contributed by atoms with van der Waals surface area (Å²) in [7, 11) is 0. The number of nitrogens with zero attached hydrogens (tertiary/aromatic N) is 2. The second-order valence-corrected chi connectivity index (χ2v) is 31.3. The van der Waals surface area contributed by atoms with Gasteiger partial charge in [-0.1, -0.05) is 132 Å². The highest BCUT2D eigenvalue weighted by atomic mass is 16.6. The molecule has 0 spiro atoms. The van der Waals surface area contributed by atoms with Gasteiger partial charge in [0, 0.05) is 54.5 Å². The van der Waals surface area contributed by atoms with E-state index in [2.05, 4.69) is 93.7 Å². The molecule has 2 fully saturated rings. The summed E-state index contributed by atoms with van der Waals surface area (Å²) in [5.74, 6) is -1.51. The van der Waals surface area contributed by atoms with Crippen molar-refractivity contribution < 1.29 is 66.7 Å². The Morgan fingerprint density at radius 3 is 0.798 bits per heavy atom. The minimum Gasteiger partial charge on any atom is -0.491 e. The lowest BCUT2D eigenvalue weighted by atomic mass is 9.80. The molecule has 2 unspecified atom stereocenters. The van der Waals surface area contributed by atoms with Gasteiger partial charge in [0.05, 0.1) is 35.5 Å². The van der Waals surface area contributed by atoms with Gasteiger partial charge in [0.25, 0.3) is 23.6 Å². The van der Waals surface area contributed by atoms with Crippen LogP contribution in [0.25, 0.3) is 43.1 Å². The van der Waals surface area contributed by atoms with E-state index in [1.807, 2.05) is 97.1 Å². The lowest BCUT2D eigenvalue weighted by Crippen LogP contribution is -2.45. The van der Waals surface area contributed by atoms with E-state index in [1.165, 1.54) is 0 Å². The molecular weight excluding hydrogens is 1310 g/mol. The largest absolute Gasteiger partial charge is 0.491 e. The quantitative estimate of drug-likeness (QED) is 0.0314. The number of epoxide rings is 2. The summed E-state index contributed by atoms with van der Waals surface area (Å²) in [4.78, 5) is 94.4. The second kappa shape index (κ2) is 25.9. The standard InChI is InChI=1S/C86H80N4O14/c1-83(2,3)47-13-25-55(26-14-47)101-65-37-61-71-62(80(94)89(79(61)93)41-69(91)87-51-21-33-53(34-22-51)97-43-59-45-99-59)39-67(103-57-29-17-49(18-30-57)85(7,8)9)75-76-68(104-58-31-19-50(20-32-58)86(10,11)12)40-64-72-63(38-66(74(78(72)76)73(65)77(71)75)102-56-27-15-48(16-28-56)84(4,5)6)81(95)90(82(64)96)42-70(92)88-52-23-35-54(36-24-52)98-44-60-46-100-60/h13-40,59-60H,41-46H2,1-12H3,(H,87,91)(H,88,92). The van der Waals surface area contributed by atoms with Crippen molar-refractivity contribution in [3.8, 4) is 57.5 Å². The van der Waals surface area contributed by atoms with Gasteiger partial charge in [0.1, 0.15) is 96.0 Å². The van der Waals surface area contributed by atoms with Crippen molar-refractivity contribution in [3.05, 3.63) is 214 Å². The number of carbonyl (C=O) groups excluding carboxylic acids is 6. The normalized spacial score (nSPS) is 15.8. The van der Waals surface area contributed by atoms with Crippen LogP contribution in [0.15, 0.2) is 170 Å². The maximum absolute atomic E-state index is 15.9. The molecule has 4 aliphatic rings. The number of nitrogens with one attached hydrogen (secondary N) is 2. The Kier molecular flexibility index (Phi) is 17.0. The molecule has 2 atom stereocenters. The number of hydrogen-bond acceptors (Lipinski definition) is 14. The van der Waals surface area contributed by atoms with Crippen molar-refractivity contribution in [2.45, 2.75) is 117 Å². The van der Waals surface area contributed by atoms with Crippen LogP contribution in [-0.2, 0) is 40.7 Å². The Bertz CT molecular complexity index is 4710. The van der Waals surface area contributed by atoms with Gasteiger partial charge in [-0.2, -0.15) is 0 Å². The smallest absolute Gasteiger partial charge is 0.262 e. The molecule has 11 aromatic carbocycles. The van der Waals surface area contributed by atoms with Crippen molar-refractivity contribution in [3.63, 3.8) is 0 Å². The minimum atomic E-state index is -0.798. The van der Waals surface area contributed by atoms with Crippen LogP contribution in [0.2, 0.25) is 0 Å². The van der Waals surface area contributed by atoms with E-state index < -0.39 is 48.5 Å². The molecule has 4 heterocycles. The first-order valence-electron chi connectivity index (χ1n) is 35.0. The molecular formula is C86H80N4O14. The molecule has 2 saturated heterocycles. The first-order valence-corrected chi connectivity index (χ1v) is 35.0. The lowest BCUT2D eigenvalue weighted by Gasteiger charge is -2.32. The summed E-state index contributed by atoms with van der Waals surface area (Å²) in [5, 5.41) is 7.92. The van der Waals surface area contributed by atoms with Crippen LogP contribution >= 0.6 is 0 Å². The van der Waals surface area contributed by atoms with Gasteiger partial charge >= 0.3 is 0 Å². The van der Waals surface area contributed by atoms with Crippen molar-refractivity contribution in [1.29, 1.82) is 0 Å². The Morgan fingerprint density at radius 1 is 0.346 bits per heavy atom. The maximum atomic E-state index is 15.9. The van der Waals surface area contributed by atoms with Crippen LogP contribution in [0, 0.1) is 0 Å². The molecule has 0 bridgehead atoms. The Morgan fingerprint density at radius 2 is 0.577 bits per heavy atom. The first-order chi connectivity index (χ1) is 49.5. The highest BCUT2D eigenvalue weighted by Crippen LogP contribution is 2.58. The number of imide groups is 2. The van der Waals surface area contributed by atoms with E-state index in [0.717, 1.165) is 32.1 Å². The highest BCUT2D eigenvalue weighted by molar-refractivity contribution is 6.45. The van der Waals surface area contributed by atoms with Crippen LogP contribution in [0.4, 0.5) is 11.4 Å². The number of ether oxygens (including phenoxy) is 8. The summed E-state index contributed by atoms with van der Waals surface area (Å²) in [6.07, 6.45) is 0.0725. The van der Waals surface area contributed by atoms with E-state index in [-0.39, 0.29) is 89.9 Å². The third kappa shape index (κ3) is 13.5. The molecule has 6 amide bonds. The van der Waals surface area contributed by atoms with Crippen molar-refractivity contribution >= 4 is 89.9 Å². The molecule has 2 N–H and O–H groups in total. The summed E-state index contributed by atoms with van der Waals surface area (Å²) >= 11 is 0. The highest BCUT2D eigenvalue weighted by Gasteiger charge is 2.43. The molecule has 0 aromatic heterocycles. The Hall–Kier alpha value is -11.3. The molecule has 18 nitrogen and oxygen atoms in total. The Balaban J connectivity index is 0.999. The second-order valence-electron chi connectivity index (χ2n) is 31.3. The molecule has 0 aliphatic carbocycles. The van der Waals surface area contributed by atoms with E-state index in [9.17, 15) is 9.59 Å². The summed E-state index contributed by atoms with van der Waals surface area (Å²) < 4.78 is 51.3. The third-order valence-corrected chi connectivity index (χ3v) is 19.4. The van der Waals surface area contributed by atoms with Gasteiger partial charge in [-0.25, -0.2) is 0 Å². The number of amides is 6. The SMILES string of the molecule is CC(C)(C)c1ccc(Oc2cc3c4c(cc(Oc5ccc(C(C)(C)C)cc5)c5c6c(Oc7ccc(C(C)(C)C)cc7)cc7c8c(cc(Oc9ccc(C(C)(C)C)cc9)c(c2c45)c86)C(=O)N(CC(=O)Nc2ccc(OCC4CO4)cc2)C7=O)C(=O)N(CC(=O)Nc2ccc(OCC4CO4)cc2)C3=O)cc1. The average Bonchev–Trinajstić information content (AvgIpc) is 1.11. The van der Waals surface area contributed by atoms with Crippen LogP contribution in [0.1, 0.15) is 147 Å². The van der Waals surface area contributed by atoms with Crippen molar-refractivity contribution in [2.75, 3.05) is 50.2 Å². The van der Waals surface area contributed by atoms with Gasteiger partial charge in [-0.05, 0) is 165 Å².